The Labute approximate surface area is 190 Å². The van der Waals surface area contributed by atoms with Gasteiger partial charge in [0.2, 0.25) is 5.91 Å². The Morgan fingerprint density at radius 1 is 0.938 bits per heavy atom. The summed E-state index contributed by atoms with van der Waals surface area (Å²) in [4.78, 5) is 28.0. The predicted molar refractivity (Wildman–Crippen MR) is 128 cm³/mol. The zero-order valence-corrected chi connectivity index (χ0v) is 19.3. The van der Waals surface area contributed by atoms with Gasteiger partial charge in [-0.2, -0.15) is 0 Å². The van der Waals surface area contributed by atoms with Crippen molar-refractivity contribution in [2.75, 3.05) is 6.61 Å². The van der Waals surface area contributed by atoms with Crippen LogP contribution in [0.15, 0.2) is 72.8 Å². The number of carbonyl (C=O) groups excluding carboxylic acids is 2. The van der Waals surface area contributed by atoms with Crippen molar-refractivity contribution in [1.29, 1.82) is 0 Å². The molecule has 0 radical (unpaired) electrons. The zero-order valence-electron chi connectivity index (χ0n) is 19.3. The molecule has 0 aliphatic heterocycles. The minimum absolute atomic E-state index is 0.139. The molecule has 1 N–H and O–H groups in total. The molecule has 0 bridgehead atoms. The third kappa shape index (κ3) is 6.10. The number of rotatable bonds is 8. The smallest absolute Gasteiger partial charge is 0.261 e. The molecule has 168 valence electrons. The second-order valence-corrected chi connectivity index (χ2v) is 8.94. The van der Waals surface area contributed by atoms with Crippen LogP contribution in [0.25, 0.3) is 10.8 Å². The average molecular weight is 433 g/mol. The molecule has 0 saturated carbocycles. The molecular weight excluding hydrogens is 400 g/mol. The highest BCUT2D eigenvalue weighted by atomic mass is 16.5. The van der Waals surface area contributed by atoms with Gasteiger partial charge >= 0.3 is 0 Å². The zero-order chi connectivity index (χ0) is 23.1. The molecule has 0 fully saturated rings. The maximum Gasteiger partial charge on any atom is 0.261 e. The Kier molecular flexibility index (Phi) is 7.52. The average Bonchev–Trinajstić information content (AvgIpc) is 2.76. The lowest BCUT2D eigenvalue weighted by molar-refractivity contribution is -0.143. The summed E-state index contributed by atoms with van der Waals surface area (Å²) in [6.45, 7) is 7.93. The van der Waals surface area contributed by atoms with E-state index in [1.807, 2.05) is 100 Å². The van der Waals surface area contributed by atoms with E-state index >= 15 is 0 Å². The minimum atomic E-state index is -0.585. The van der Waals surface area contributed by atoms with Crippen molar-refractivity contribution in [3.05, 3.63) is 78.4 Å². The van der Waals surface area contributed by atoms with Crippen LogP contribution in [-0.2, 0) is 16.1 Å². The molecule has 3 aromatic carbocycles. The molecule has 0 spiro atoms. The topological polar surface area (TPSA) is 58.6 Å². The van der Waals surface area contributed by atoms with Gasteiger partial charge in [0.05, 0.1) is 0 Å². The highest BCUT2D eigenvalue weighted by Gasteiger charge is 2.30. The first-order chi connectivity index (χ1) is 15.3. The summed E-state index contributed by atoms with van der Waals surface area (Å²) in [7, 11) is 0. The van der Waals surface area contributed by atoms with Crippen LogP contribution in [0.5, 0.6) is 5.75 Å². The molecule has 3 rings (SSSR count). The number of nitrogens with zero attached hydrogens (tertiary/aromatic N) is 1. The van der Waals surface area contributed by atoms with Crippen molar-refractivity contribution in [2.45, 2.75) is 52.2 Å². The Hall–Kier alpha value is -3.34. The SMILES string of the molecule is CC[C@@H](C(=O)NC(C)(C)C)N(Cc1ccccc1)C(=O)COc1cccc2ccccc12. The van der Waals surface area contributed by atoms with Gasteiger partial charge in [-0.15, -0.1) is 0 Å². The van der Waals surface area contributed by atoms with Crippen molar-refractivity contribution >= 4 is 22.6 Å². The fourth-order valence-corrected chi connectivity index (χ4v) is 3.70. The molecule has 1 atom stereocenters. The van der Waals surface area contributed by atoms with Crippen LogP contribution in [0.3, 0.4) is 0 Å². The van der Waals surface area contributed by atoms with Crippen LogP contribution in [0, 0.1) is 0 Å². The quantitative estimate of drug-likeness (QED) is 0.548. The second-order valence-electron chi connectivity index (χ2n) is 8.94. The van der Waals surface area contributed by atoms with E-state index in [2.05, 4.69) is 5.32 Å². The van der Waals surface area contributed by atoms with Crippen molar-refractivity contribution in [3.63, 3.8) is 0 Å². The normalized spacial score (nSPS) is 12.2. The van der Waals surface area contributed by atoms with Gasteiger partial charge < -0.3 is 15.0 Å². The van der Waals surface area contributed by atoms with E-state index in [0.717, 1.165) is 16.3 Å². The van der Waals surface area contributed by atoms with Crippen LogP contribution in [0.4, 0.5) is 0 Å². The van der Waals surface area contributed by atoms with Gasteiger partial charge in [-0.25, -0.2) is 0 Å². The van der Waals surface area contributed by atoms with Crippen molar-refractivity contribution in [3.8, 4) is 5.75 Å². The Bertz CT molecular complexity index is 1050. The number of carbonyl (C=O) groups is 2. The first-order valence-corrected chi connectivity index (χ1v) is 11.0. The lowest BCUT2D eigenvalue weighted by atomic mass is 10.1. The number of hydrogen-bond donors (Lipinski definition) is 1. The summed E-state index contributed by atoms with van der Waals surface area (Å²) in [6, 6.07) is 22.8. The molecule has 5 nitrogen and oxygen atoms in total. The Balaban J connectivity index is 1.82. The molecule has 0 saturated heterocycles. The van der Waals surface area contributed by atoms with Crippen LogP contribution >= 0.6 is 0 Å². The lowest BCUT2D eigenvalue weighted by Crippen LogP contribution is -2.54. The van der Waals surface area contributed by atoms with Gasteiger partial charge in [-0.1, -0.05) is 73.7 Å². The highest BCUT2D eigenvalue weighted by Crippen LogP contribution is 2.25. The fraction of sp³-hybridized carbons (Fsp3) is 0.333. The molecule has 0 aromatic heterocycles. The van der Waals surface area contributed by atoms with E-state index in [9.17, 15) is 9.59 Å². The van der Waals surface area contributed by atoms with Crippen molar-refractivity contribution in [2.24, 2.45) is 0 Å². The molecule has 0 aliphatic rings. The van der Waals surface area contributed by atoms with E-state index < -0.39 is 6.04 Å². The standard InChI is InChI=1S/C27H32N2O3/c1-5-23(26(31)28-27(2,3)4)29(18-20-12-7-6-8-13-20)25(30)19-32-24-17-11-15-21-14-9-10-16-22(21)24/h6-17,23H,5,18-19H2,1-4H3,(H,28,31)/t23-/m0/s1. The fourth-order valence-electron chi connectivity index (χ4n) is 3.70. The highest BCUT2D eigenvalue weighted by molar-refractivity contribution is 5.90. The summed E-state index contributed by atoms with van der Waals surface area (Å²) in [5.41, 5.74) is 0.582. The predicted octanol–water partition coefficient (Wildman–Crippen LogP) is 4.94. The van der Waals surface area contributed by atoms with Gasteiger partial charge in [-0.05, 0) is 44.2 Å². The summed E-state index contributed by atoms with van der Waals surface area (Å²) < 4.78 is 5.95. The van der Waals surface area contributed by atoms with Gasteiger partial charge in [0, 0.05) is 17.5 Å². The molecule has 3 aromatic rings. The molecule has 0 heterocycles. The van der Waals surface area contributed by atoms with Crippen LogP contribution < -0.4 is 10.1 Å². The van der Waals surface area contributed by atoms with Crippen LogP contribution in [-0.4, -0.2) is 34.9 Å². The number of nitrogens with one attached hydrogen (secondary N) is 1. The van der Waals surface area contributed by atoms with Gasteiger partial charge in [0.1, 0.15) is 11.8 Å². The van der Waals surface area contributed by atoms with E-state index in [1.54, 1.807) is 4.90 Å². The lowest BCUT2D eigenvalue weighted by Gasteiger charge is -2.33. The number of ether oxygens (including phenoxy) is 1. The second kappa shape index (κ2) is 10.3. The number of benzene rings is 3. The largest absolute Gasteiger partial charge is 0.483 e. The van der Waals surface area contributed by atoms with Crippen LogP contribution in [0.2, 0.25) is 0 Å². The monoisotopic (exact) mass is 432 g/mol. The van der Waals surface area contributed by atoms with Crippen molar-refractivity contribution in [1.82, 2.24) is 10.2 Å². The summed E-state index contributed by atoms with van der Waals surface area (Å²) in [6.07, 6.45) is 0.509. The van der Waals surface area contributed by atoms with E-state index in [0.29, 0.717) is 18.7 Å². The summed E-state index contributed by atoms with van der Waals surface area (Å²) >= 11 is 0. The molecule has 0 aliphatic carbocycles. The first-order valence-electron chi connectivity index (χ1n) is 11.0. The summed E-state index contributed by atoms with van der Waals surface area (Å²) in [5.74, 6) is 0.274. The Morgan fingerprint density at radius 3 is 2.28 bits per heavy atom. The van der Waals surface area contributed by atoms with Gasteiger partial charge in [0.15, 0.2) is 6.61 Å². The molecule has 0 unspecified atom stereocenters. The molecular formula is C27H32N2O3. The van der Waals surface area contributed by atoms with E-state index in [1.165, 1.54) is 0 Å². The molecule has 5 heteroatoms. The van der Waals surface area contributed by atoms with E-state index in [-0.39, 0.29) is 24.0 Å². The molecule has 2 amide bonds. The van der Waals surface area contributed by atoms with Crippen molar-refractivity contribution < 1.29 is 14.3 Å². The number of amides is 2. The Morgan fingerprint density at radius 2 is 1.59 bits per heavy atom. The summed E-state index contributed by atoms with van der Waals surface area (Å²) in [5, 5.41) is 5.02. The third-order valence-corrected chi connectivity index (χ3v) is 5.18. The van der Waals surface area contributed by atoms with Gasteiger partial charge in [-0.3, -0.25) is 9.59 Å². The third-order valence-electron chi connectivity index (χ3n) is 5.18. The van der Waals surface area contributed by atoms with Gasteiger partial charge in [0.25, 0.3) is 5.91 Å². The minimum Gasteiger partial charge on any atom is -0.483 e. The molecule has 32 heavy (non-hydrogen) atoms. The maximum atomic E-state index is 13.3. The van der Waals surface area contributed by atoms with E-state index in [4.69, 9.17) is 4.74 Å². The maximum absolute atomic E-state index is 13.3. The van der Waals surface area contributed by atoms with Crippen LogP contribution in [0.1, 0.15) is 39.7 Å². The number of hydrogen-bond acceptors (Lipinski definition) is 3. The first kappa shape index (κ1) is 23.3. The number of fused-ring (bicyclic) bond motifs is 1.